The van der Waals surface area contributed by atoms with E-state index in [1.165, 1.54) is 32.4 Å². The molecule has 1 fully saturated rings. The summed E-state index contributed by atoms with van der Waals surface area (Å²) in [6.07, 6.45) is 5.05. The Labute approximate surface area is 127 Å². The molecule has 0 aromatic carbocycles. The van der Waals surface area contributed by atoms with E-state index < -0.39 is 0 Å². The van der Waals surface area contributed by atoms with Crippen LogP contribution in [0.15, 0.2) is 6.07 Å². The summed E-state index contributed by atoms with van der Waals surface area (Å²) in [7, 11) is 0. The number of nitrogens with two attached hydrogens (primary N) is 1. The van der Waals surface area contributed by atoms with Gasteiger partial charge >= 0.3 is 0 Å². The Morgan fingerprint density at radius 2 is 1.86 bits per heavy atom. The molecule has 0 spiro atoms. The van der Waals surface area contributed by atoms with Crippen LogP contribution in [-0.4, -0.2) is 47.1 Å². The van der Waals surface area contributed by atoms with E-state index in [9.17, 15) is 0 Å². The Balaban J connectivity index is 1.87. The first-order valence-electron chi connectivity index (χ1n) is 8.05. The minimum Gasteiger partial charge on any atom is -0.370 e. The summed E-state index contributed by atoms with van der Waals surface area (Å²) in [4.78, 5) is 11.0. The van der Waals surface area contributed by atoms with E-state index in [4.69, 9.17) is 5.73 Å². The van der Waals surface area contributed by atoms with Crippen LogP contribution in [0.5, 0.6) is 0 Å². The molecule has 0 radical (unpaired) electrons. The topological polar surface area (TPSA) is 79.1 Å². The fraction of sp³-hybridized carbons (Fsp3) is 0.733. The van der Waals surface area contributed by atoms with Gasteiger partial charge < -0.3 is 16.4 Å². The summed E-state index contributed by atoms with van der Waals surface area (Å²) in [5.41, 5.74) is 5.77. The number of hydrogen-bond acceptors (Lipinski definition) is 6. The molecule has 1 aromatic heterocycles. The molecule has 0 aliphatic carbocycles. The quantitative estimate of drug-likeness (QED) is 0.715. The molecule has 2 rings (SSSR count). The third kappa shape index (κ3) is 5.04. The average molecular weight is 292 g/mol. The van der Waals surface area contributed by atoms with Crippen molar-refractivity contribution in [3.63, 3.8) is 0 Å². The summed E-state index contributed by atoms with van der Waals surface area (Å²) in [6.45, 7) is 8.57. The third-order valence-corrected chi connectivity index (χ3v) is 3.89. The highest BCUT2D eigenvalue weighted by atomic mass is 15.2. The number of anilines is 3. The number of nitrogens with zero attached hydrogens (tertiary/aromatic N) is 3. The second kappa shape index (κ2) is 8.02. The fourth-order valence-electron chi connectivity index (χ4n) is 2.64. The van der Waals surface area contributed by atoms with Crippen molar-refractivity contribution in [3.05, 3.63) is 6.07 Å². The van der Waals surface area contributed by atoms with Gasteiger partial charge in [0.05, 0.1) is 0 Å². The van der Waals surface area contributed by atoms with Crippen molar-refractivity contribution in [1.29, 1.82) is 0 Å². The number of likely N-dealkylation sites (tertiary alicyclic amines) is 1. The van der Waals surface area contributed by atoms with Crippen LogP contribution >= 0.6 is 0 Å². The minimum absolute atomic E-state index is 0.309. The Bertz CT molecular complexity index is 430. The third-order valence-electron chi connectivity index (χ3n) is 3.89. The van der Waals surface area contributed by atoms with Gasteiger partial charge in [0.1, 0.15) is 11.6 Å². The molecule has 1 aromatic rings. The van der Waals surface area contributed by atoms with E-state index in [1.807, 2.05) is 6.07 Å². The maximum atomic E-state index is 5.77. The number of piperidine rings is 1. The van der Waals surface area contributed by atoms with E-state index in [0.29, 0.717) is 12.0 Å². The van der Waals surface area contributed by atoms with Crippen molar-refractivity contribution in [1.82, 2.24) is 14.9 Å². The van der Waals surface area contributed by atoms with Crippen LogP contribution in [0.25, 0.3) is 0 Å². The van der Waals surface area contributed by atoms with E-state index in [2.05, 4.69) is 39.3 Å². The van der Waals surface area contributed by atoms with Gasteiger partial charge in [0, 0.05) is 25.2 Å². The molecule has 1 atom stereocenters. The highest BCUT2D eigenvalue weighted by molar-refractivity contribution is 5.51. The standard InChI is InChI=1S/C15H28N6/c1-3-7-17-13-10-14(20-15(16)19-13)18-11-12(2)21-8-5-4-6-9-21/h10,12H,3-9,11H2,1-2H3,(H4,16,17,18,19,20). The van der Waals surface area contributed by atoms with Crippen molar-refractivity contribution in [2.75, 3.05) is 42.5 Å². The summed E-state index contributed by atoms with van der Waals surface area (Å²) < 4.78 is 0. The molecule has 6 heteroatoms. The number of nitrogens with one attached hydrogen (secondary N) is 2. The lowest BCUT2D eigenvalue weighted by molar-refractivity contribution is 0.180. The zero-order valence-corrected chi connectivity index (χ0v) is 13.2. The van der Waals surface area contributed by atoms with Gasteiger partial charge in [-0.1, -0.05) is 13.3 Å². The van der Waals surface area contributed by atoms with E-state index in [1.54, 1.807) is 0 Å². The molecule has 21 heavy (non-hydrogen) atoms. The average Bonchev–Trinajstić information content (AvgIpc) is 2.51. The monoisotopic (exact) mass is 292 g/mol. The van der Waals surface area contributed by atoms with Gasteiger partial charge in [0.25, 0.3) is 0 Å². The lowest BCUT2D eigenvalue weighted by atomic mass is 10.1. The number of nitrogen functional groups attached to an aromatic ring is 1. The van der Waals surface area contributed by atoms with Crippen molar-refractivity contribution in [2.45, 2.75) is 45.6 Å². The molecule has 0 saturated carbocycles. The normalized spacial score (nSPS) is 17.4. The number of aromatic nitrogens is 2. The highest BCUT2D eigenvalue weighted by Gasteiger charge is 2.16. The van der Waals surface area contributed by atoms with Crippen molar-refractivity contribution in [2.24, 2.45) is 0 Å². The SMILES string of the molecule is CCCNc1cc(NCC(C)N2CCCCC2)nc(N)n1. The van der Waals surface area contributed by atoms with Crippen LogP contribution in [0.1, 0.15) is 39.5 Å². The molecule has 2 heterocycles. The van der Waals surface area contributed by atoms with Crippen LogP contribution in [0.2, 0.25) is 0 Å². The maximum absolute atomic E-state index is 5.77. The first-order chi connectivity index (χ1) is 10.2. The van der Waals surface area contributed by atoms with Gasteiger partial charge in [-0.15, -0.1) is 0 Å². The predicted octanol–water partition coefficient (Wildman–Crippen LogP) is 2.17. The zero-order valence-electron chi connectivity index (χ0n) is 13.2. The molecule has 1 unspecified atom stereocenters. The fourth-order valence-corrected chi connectivity index (χ4v) is 2.64. The Kier molecular flexibility index (Phi) is 6.04. The molecule has 1 aliphatic heterocycles. The van der Waals surface area contributed by atoms with Gasteiger partial charge in [0.2, 0.25) is 5.95 Å². The van der Waals surface area contributed by atoms with Crippen LogP contribution in [-0.2, 0) is 0 Å². The first kappa shape index (κ1) is 15.8. The molecule has 118 valence electrons. The number of hydrogen-bond donors (Lipinski definition) is 3. The molecular weight excluding hydrogens is 264 g/mol. The molecule has 6 nitrogen and oxygen atoms in total. The van der Waals surface area contributed by atoms with Crippen LogP contribution < -0.4 is 16.4 Å². The summed E-state index contributed by atoms with van der Waals surface area (Å²) >= 11 is 0. The van der Waals surface area contributed by atoms with Crippen molar-refractivity contribution < 1.29 is 0 Å². The van der Waals surface area contributed by atoms with Crippen LogP contribution in [0.3, 0.4) is 0 Å². The smallest absolute Gasteiger partial charge is 0.223 e. The van der Waals surface area contributed by atoms with Gasteiger partial charge in [-0.25, -0.2) is 0 Å². The summed E-state index contributed by atoms with van der Waals surface area (Å²) in [5, 5.41) is 6.63. The van der Waals surface area contributed by atoms with Crippen molar-refractivity contribution >= 4 is 17.6 Å². The lowest BCUT2D eigenvalue weighted by Gasteiger charge is -2.32. The van der Waals surface area contributed by atoms with E-state index >= 15 is 0 Å². The minimum atomic E-state index is 0.309. The summed E-state index contributed by atoms with van der Waals surface area (Å²) in [5.74, 6) is 1.90. The van der Waals surface area contributed by atoms with Crippen LogP contribution in [0.4, 0.5) is 17.6 Å². The maximum Gasteiger partial charge on any atom is 0.223 e. The lowest BCUT2D eigenvalue weighted by Crippen LogP contribution is -2.41. The van der Waals surface area contributed by atoms with Gasteiger partial charge in [-0.3, -0.25) is 4.90 Å². The Hall–Kier alpha value is -1.56. The van der Waals surface area contributed by atoms with E-state index in [0.717, 1.165) is 31.1 Å². The van der Waals surface area contributed by atoms with Crippen LogP contribution in [0, 0.1) is 0 Å². The summed E-state index contributed by atoms with van der Waals surface area (Å²) in [6, 6.07) is 2.43. The molecule has 0 amide bonds. The first-order valence-corrected chi connectivity index (χ1v) is 8.05. The molecule has 1 saturated heterocycles. The van der Waals surface area contributed by atoms with Crippen molar-refractivity contribution in [3.8, 4) is 0 Å². The van der Waals surface area contributed by atoms with Gasteiger partial charge in [-0.05, 0) is 39.3 Å². The molecule has 1 aliphatic rings. The predicted molar refractivity (Wildman–Crippen MR) is 88.6 cm³/mol. The Morgan fingerprint density at radius 3 is 2.52 bits per heavy atom. The molecular formula is C15H28N6. The van der Waals surface area contributed by atoms with Gasteiger partial charge in [-0.2, -0.15) is 9.97 Å². The van der Waals surface area contributed by atoms with Gasteiger partial charge in [0.15, 0.2) is 0 Å². The second-order valence-electron chi connectivity index (χ2n) is 5.75. The Morgan fingerprint density at radius 1 is 1.19 bits per heavy atom. The number of rotatable bonds is 7. The highest BCUT2D eigenvalue weighted by Crippen LogP contribution is 2.15. The second-order valence-corrected chi connectivity index (χ2v) is 5.75. The molecule has 4 N–H and O–H groups in total. The molecule has 0 bridgehead atoms. The van der Waals surface area contributed by atoms with E-state index in [-0.39, 0.29) is 0 Å². The largest absolute Gasteiger partial charge is 0.370 e. The zero-order chi connectivity index (χ0) is 15.1.